The largest absolute Gasteiger partial charge is 0.330 e. The van der Waals surface area contributed by atoms with Crippen molar-refractivity contribution in [3.05, 3.63) is 102 Å². The van der Waals surface area contributed by atoms with E-state index in [-0.39, 0.29) is 36.1 Å². The summed E-state index contributed by atoms with van der Waals surface area (Å²) in [7, 11) is 0. The van der Waals surface area contributed by atoms with Crippen LogP contribution in [0.1, 0.15) is 38.7 Å². The van der Waals surface area contributed by atoms with Gasteiger partial charge in [-0.15, -0.1) is 0 Å². The third kappa shape index (κ3) is 6.12. The van der Waals surface area contributed by atoms with E-state index >= 15 is 0 Å². The Bertz CT molecular complexity index is 1340. The van der Waals surface area contributed by atoms with Gasteiger partial charge in [-0.3, -0.25) is 9.59 Å². The number of halogens is 1. The summed E-state index contributed by atoms with van der Waals surface area (Å²) in [6.45, 7) is 5.67. The van der Waals surface area contributed by atoms with Gasteiger partial charge in [0.2, 0.25) is 11.8 Å². The maximum atomic E-state index is 13.6. The predicted molar refractivity (Wildman–Crippen MR) is 144 cm³/mol. The third-order valence-electron chi connectivity index (χ3n) is 6.25. The van der Waals surface area contributed by atoms with Crippen molar-refractivity contribution in [3.63, 3.8) is 0 Å². The minimum Gasteiger partial charge on any atom is -0.330 e. The molecule has 6 nitrogen and oxygen atoms in total. The van der Waals surface area contributed by atoms with Gasteiger partial charge in [-0.1, -0.05) is 67.6 Å². The predicted octanol–water partition coefficient (Wildman–Crippen LogP) is 6.05. The highest BCUT2D eigenvalue weighted by Gasteiger charge is 2.28. The Morgan fingerprint density at radius 2 is 1.57 bits per heavy atom. The number of amides is 2. The van der Waals surface area contributed by atoms with Crippen molar-refractivity contribution in [2.75, 3.05) is 11.9 Å². The number of carbonyl (C=O) groups excluding carboxylic acids is 2. The summed E-state index contributed by atoms with van der Waals surface area (Å²) in [4.78, 5) is 28.4. The van der Waals surface area contributed by atoms with Gasteiger partial charge in [0, 0.05) is 17.7 Å². The molecule has 0 unspecified atom stereocenters. The van der Waals surface area contributed by atoms with E-state index in [2.05, 4.69) is 10.4 Å². The fraction of sp³-hybridized carbons (Fsp3) is 0.233. The molecule has 0 spiro atoms. The molecule has 0 saturated carbocycles. The van der Waals surface area contributed by atoms with Crippen molar-refractivity contribution in [2.24, 2.45) is 0 Å². The van der Waals surface area contributed by atoms with E-state index in [9.17, 15) is 14.0 Å². The molecule has 7 heteroatoms. The molecule has 0 radical (unpaired) electrons. The van der Waals surface area contributed by atoms with Gasteiger partial charge < -0.3 is 10.2 Å². The molecule has 3 aromatic carbocycles. The Hall–Kier alpha value is -4.26. The van der Waals surface area contributed by atoms with Gasteiger partial charge in [-0.25, -0.2) is 9.07 Å². The molecule has 0 aliphatic rings. The third-order valence-corrected chi connectivity index (χ3v) is 6.25. The summed E-state index contributed by atoms with van der Waals surface area (Å²) >= 11 is 0. The molecule has 0 bridgehead atoms. The molecule has 1 aromatic heterocycles. The van der Waals surface area contributed by atoms with Crippen LogP contribution in [0.5, 0.6) is 0 Å². The van der Waals surface area contributed by atoms with Crippen molar-refractivity contribution in [1.29, 1.82) is 0 Å². The van der Waals surface area contributed by atoms with E-state index in [0.29, 0.717) is 23.6 Å². The van der Waals surface area contributed by atoms with Crippen molar-refractivity contribution < 1.29 is 14.0 Å². The number of nitrogens with one attached hydrogen (secondary N) is 1. The summed E-state index contributed by atoms with van der Waals surface area (Å²) in [6, 6.07) is 26.7. The number of hydrogen-bond acceptors (Lipinski definition) is 3. The van der Waals surface area contributed by atoms with Gasteiger partial charge in [-0.05, 0) is 50.1 Å². The lowest BCUT2D eigenvalue weighted by Crippen LogP contribution is -2.44. The van der Waals surface area contributed by atoms with E-state index in [4.69, 9.17) is 0 Å². The highest BCUT2D eigenvalue weighted by atomic mass is 19.1. The van der Waals surface area contributed by atoms with Gasteiger partial charge in [0.05, 0.1) is 17.3 Å². The van der Waals surface area contributed by atoms with Crippen LogP contribution in [-0.2, 0) is 9.59 Å². The second-order valence-electron chi connectivity index (χ2n) is 9.15. The fourth-order valence-electron chi connectivity index (χ4n) is 4.29. The van der Waals surface area contributed by atoms with Crippen LogP contribution in [0.25, 0.3) is 16.9 Å². The average Bonchev–Trinajstić information content (AvgIpc) is 3.32. The molecule has 4 rings (SSSR count). The molecule has 1 atom stereocenters. The van der Waals surface area contributed by atoms with Crippen LogP contribution in [-0.4, -0.2) is 39.1 Å². The van der Waals surface area contributed by atoms with E-state index in [1.54, 1.807) is 27.8 Å². The lowest BCUT2D eigenvalue weighted by atomic mass is 9.94. The first-order chi connectivity index (χ1) is 17.9. The zero-order chi connectivity index (χ0) is 26.4. The summed E-state index contributed by atoms with van der Waals surface area (Å²) in [5, 5.41) is 7.59. The summed E-state index contributed by atoms with van der Waals surface area (Å²) in [6.07, 6.45) is 0.630. The van der Waals surface area contributed by atoms with E-state index in [1.807, 2.05) is 81.4 Å². The number of nitrogens with zero attached hydrogens (tertiary/aromatic N) is 3. The normalized spacial score (nSPS) is 11.8. The molecular formula is C30H31FN4O2. The fourth-order valence-corrected chi connectivity index (χ4v) is 4.29. The topological polar surface area (TPSA) is 67.2 Å². The first kappa shape index (κ1) is 25.8. The highest BCUT2D eigenvalue weighted by molar-refractivity contribution is 5.95. The molecule has 190 valence electrons. The van der Waals surface area contributed by atoms with Crippen LogP contribution >= 0.6 is 0 Å². The molecule has 4 aromatic rings. The van der Waals surface area contributed by atoms with E-state index in [1.165, 1.54) is 12.1 Å². The van der Waals surface area contributed by atoms with Gasteiger partial charge in [0.1, 0.15) is 18.2 Å². The van der Waals surface area contributed by atoms with E-state index < -0.39 is 0 Å². The van der Waals surface area contributed by atoms with Crippen molar-refractivity contribution in [1.82, 2.24) is 14.7 Å². The van der Waals surface area contributed by atoms with Crippen molar-refractivity contribution in [3.8, 4) is 16.9 Å². The lowest BCUT2D eigenvalue weighted by Gasteiger charge is -2.30. The van der Waals surface area contributed by atoms with Crippen molar-refractivity contribution >= 4 is 17.6 Å². The molecule has 2 amide bonds. The second-order valence-corrected chi connectivity index (χ2v) is 9.15. The quantitative estimate of drug-likeness (QED) is 0.306. The molecule has 0 aliphatic heterocycles. The van der Waals surface area contributed by atoms with Crippen LogP contribution in [0.15, 0.2) is 91.0 Å². The number of aromatic nitrogens is 2. The van der Waals surface area contributed by atoms with Crippen LogP contribution < -0.4 is 5.32 Å². The van der Waals surface area contributed by atoms with E-state index in [0.717, 1.165) is 11.1 Å². The Morgan fingerprint density at radius 1 is 0.946 bits per heavy atom. The number of benzene rings is 3. The summed E-state index contributed by atoms with van der Waals surface area (Å²) < 4.78 is 15.1. The number of rotatable bonds is 9. The Labute approximate surface area is 216 Å². The molecule has 1 heterocycles. The smallest absolute Gasteiger partial charge is 0.245 e. The first-order valence-corrected chi connectivity index (χ1v) is 12.4. The Balaban J connectivity index is 1.59. The molecule has 0 fully saturated rings. The summed E-state index contributed by atoms with van der Waals surface area (Å²) in [5.74, 6) is -0.684. The average molecular weight is 499 g/mol. The van der Waals surface area contributed by atoms with Crippen LogP contribution in [0.3, 0.4) is 0 Å². The number of carbonyl (C=O) groups is 2. The maximum Gasteiger partial charge on any atom is 0.245 e. The van der Waals surface area contributed by atoms with Gasteiger partial charge in [-0.2, -0.15) is 5.10 Å². The van der Waals surface area contributed by atoms with Crippen LogP contribution in [0.2, 0.25) is 0 Å². The summed E-state index contributed by atoms with van der Waals surface area (Å²) in [5.41, 5.74) is 3.08. The van der Waals surface area contributed by atoms with Crippen LogP contribution in [0, 0.1) is 5.82 Å². The van der Waals surface area contributed by atoms with Gasteiger partial charge in [0.25, 0.3) is 0 Å². The minimum atomic E-state index is -0.361. The van der Waals surface area contributed by atoms with Gasteiger partial charge in [0.15, 0.2) is 0 Å². The zero-order valence-electron chi connectivity index (χ0n) is 21.3. The first-order valence-electron chi connectivity index (χ1n) is 12.4. The minimum absolute atomic E-state index is 0.0872. The standard InChI is InChI=1S/C30H31FN4O2/c1-4-26(22-11-7-5-8-12-22)30(37)34(21(2)3)20-29(36)32-28-19-27(23-13-9-6-10-14-23)33-35(28)25-17-15-24(31)16-18-25/h5-19,21,26H,4,20H2,1-3H3,(H,32,36)/t26-/m1/s1. The SMILES string of the molecule is CC[C@@H](C(=O)N(CC(=O)Nc1cc(-c2ccccc2)nn1-c1ccc(F)cc1)C(C)C)c1ccccc1. The highest BCUT2D eigenvalue weighted by Crippen LogP contribution is 2.26. The lowest BCUT2D eigenvalue weighted by molar-refractivity contribution is -0.137. The Morgan fingerprint density at radius 3 is 2.16 bits per heavy atom. The molecular weight excluding hydrogens is 467 g/mol. The van der Waals surface area contributed by atoms with Crippen molar-refractivity contribution in [2.45, 2.75) is 39.2 Å². The van der Waals surface area contributed by atoms with Gasteiger partial charge >= 0.3 is 0 Å². The zero-order valence-corrected chi connectivity index (χ0v) is 21.3. The number of anilines is 1. The van der Waals surface area contributed by atoms with Crippen LogP contribution in [0.4, 0.5) is 10.2 Å². The Kier molecular flexibility index (Phi) is 8.13. The molecule has 0 aliphatic carbocycles. The molecule has 37 heavy (non-hydrogen) atoms. The second kappa shape index (κ2) is 11.6. The monoisotopic (exact) mass is 498 g/mol. The number of hydrogen-bond donors (Lipinski definition) is 1. The molecule has 0 saturated heterocycles. The molecule has 1 N–H and O–H groups in total. The maximum absolute atomic E-state index is 13.6.